The molecule has 72 valence electrons. The molecule has 13 heavy (non-hydrogen) atoms. The molecule has 0 radical (unpaired) electrons. The Kier molecular flexibility index (Phi) is 30.5. The van der Waals surface area contributed by atoms with E-state index in [1.165, 1.54) is 0 Å². The van der Waals surface area contributed by atoms with Crippen LogP contribution in [0, 0.1) is 0 Å². The van der Waals surface area contributed by atoms with Gasteiger partial charge in [0.2, 0.25) is 0 Å². The predicted molar refractivity (Wildman–Crippen MR) is 37.8 cm³/mol. The summed E-state index contributed by atoms with van der Waals surface area (Å²) in [6, 6.07) is 0. The summed E-state index contributed by atoms with van der Waals surface area (Å²) in [4.78, 5) is 26.7. The number of hydrogen-bond donors (Lipinski definition) is 0. The third kappa shape index (κ3) is 1870. The minimum absolute atomic E-state index is 0. The standard InChI is InChI=1S/3C2H4O2.In/c3*1-2(3)4;/h3*1H3,(H,3,4);/q;;;+3/p-3. The molecule has 0 fully saturated rings. The maximum absolute atomic E-state index is 8.89. The molecule has 0 rings (SSSR count). The quantitative estimate of drug-likeness (QED) is 0.447. The number of rotatable bonds is 0. The van der Waals surface area contributed by atoms with Crippen LogP contribution >= 0.6 is 0 Å². The third-order valence-corrected chi connectivity index (χ3v) is 0. The van der Waals surface area contributed by atoms with Crippen molar-refractivity contribution in [1.82, 2.24) is 0 Å². The molecule has 0 aromatic heterocycles. The molecule has 0 bridgehead atoms. The van der Waals surface area contributed by atoms with Crippen molar-refractivity contribution in [2.75, 3.05) is 0 Å². The van der Waals surface area contributed by atoms with Gasteiger partial charge in [-0.15, -0.1) is 0 Å². The van der Waals surface area contributed by atoms with Crippen molar-refractivity contribution in [3.8, 4) is 0 Å². The van der Waals surface area contributed by atoms with Crippen molar-refractivity contribution >= 4 is 43.8 Å². The summed E-state index contributed by atoms with van der Waals surface area (Å²) in [5.74, 6) is -3.25. The number of carbonyl (C=O) groups excluding carboxylic acids is 3. The number of aliphatic carboxylic acids is 3. The zero-order valence-corrected chi connectivity index (χ0v) is 10.8. The molecule has 0 aliphatic heterocycles. The monoisotopic (exact) mass is 292 g/mol. The topological polar surface area (TPSA) is 120 Å². The Hall–Kier alpha value is -0.720. The van der Waals surface area contributed by atoms with Crippen LogP contribution in [0.2, 0.25) is 0 Å². The first kappa shape index (κ1) is 22.8. The first-order valence-corrected chi connectivity index (χ1v) is 2.72. The summed E-state index contributed by atoms with van der Waals surface area (Å²) < 4.78 is 0. The molecular formula is C6H9InO6. The van der Waals surface area contributed by atoms with Crippen LogP contribution in [0.4, 0.5) is 0 Å². The SMILES string of the molecule is CC(=O)[O-].CC(=O)[O-].CC(=O)[O-].[In+3]. The van der Waals surface area contributed by atoms with Crippen molar-refractivity contribution in [1.29, 1.82) is 0 Å². The van der Waals surface area contributed by atoms with Crippen LogP contribution in [0.1, 0.15) is 20.8 Å². The minimum Gasteiger partial charge on any atom is -0.550 e. The van der Waals surface area contributed by atoms with Crippen molar-refractivity contribution in [3.63, 3.8) is 0 Å². The molecule has 0 atom stereocenters. The molecule has 6 nitrogen and oxygen atoms in total. The zero-order chi connectivity index (χ0) is 10.7. The molecule has 0 heterocycles. The average Bonchev–Trinajstić information content (AvgIpc) is 1.54. The second kappa shape index (κ2) is 17.4. The van der Waals surface area contributed by atoms with Crippen molar-refractivity contribution in [2.24, 2.45) is 0 Å². The molecule has 0 spiro atoms. The number of carboxylic acid groups (broad SMARTS) is 3. The van der Waals surface area contributed by atoms with Gasteiger partial charge in [0, 0.05) is 17.9 Å². The maximum Gasteiger partial charge on any atom is 3.00 e. The summed E-state index contributed by atoms with van der Waals surface area (Å²) >= 11 is 0. The van der Waals surface area contributed by atoms with E-state index in [0.717, 1.165) is 20.8 Å². The molecule has 0 aliphatic carbocycles. The van der Waals surface area contributed by atoms with E-state index in [4.69, 9.17) is 29.7 Å². The van der Waals surface area contributed by atoms with Crippen molar-refractivity contribution < 1.29 is 29.7 Å². The molecule has 0 amide bonds. The Morgan fingerprint density at radius 1 is 0.692 bits per heavy atom. The fraction of sp³-hybridized carbons (Fsp3) is 0.500. The molecule has 0 saturated carbocycles. The van der Waals surface area contributed by atoms with E-state index < -0.39 is 17.9 Å². The zero-order valence-electron chi connectivity index (χ0n) is 7.53. The van der Waals surface area contributed by atoms with Gasteiger partial charge in [0.25, 0.3) is 0 Å². The van der Waals surface area contributed by atoms with Gasteiger partial charge in [0.05, 0.1) is 0 Å². The maximum atomic E-state index is 8.89. The van der Waals surface area contributed by atoms with Crippen LogP contribution in [0.3, 0.4) is 0 Å². The van der Waals surface area contributed by atoms with Gasteiger partial charge >= 0.3 is 25.8 Å². The van der Waals surface area contributed by atoms with Gasteiger partial charge in [0.1, 0.15) is 0 Å². The van der Waals surface area contributed by atoms with Gasteiger partial charge in [-0.25, -0.2) is 0 Å². The number of hydrogen-bond acceptors (Lipinski definition) is 6. The first-order valence-electron chi connectivity index (χ1n) is 2.72. The van der Waals surface area contributed by atoms with Crippen LogP contribution in [0.25, 0.3) is 0 Å². The first-order chi connectivity index (χ1) is 5.20. The van der Waals surface area contributed by atoms with E-state index in [9.17, 15) is 0 Å². The summed E-state index contributed by atoms with van der Waals surface area (Å²) in [6.07, 6.45) is 0. The molecular weight excluding hydrogens is 283 g/mol. The molecule has 0 aromatic carbocycles. The third-order valence-electron chi connectivity index (χ3n) is 0. The van der Waals surface area contributed by atoms with Gasteiger partial charge in [-0.05, 0) is 20.8 Å². The Bertz CT molecular complexity index is 115. The number of carboxylic acids is 3. The minimum atomic E-state index is -1.08. The van der Waals surface area contributed by atoms with Crippen molar-refractivity contribution in [2.45, 2.75) is 20.8 Å². The molecule has 0 unspecified atom stereocenters. The molecule has 0 N–H and O–H groups in total. The Morgan fingerprint density at radius 2 is 0.692 bits per heavy atom. The summed E-state index contributed by atoms with van der Waals surface area (Å²) in [6.45, 7) is 2.92. The van der Waals surface area contributed by atoms with Crippen LogP contribution < -0.4 is 15.3 Å². The fourth-order valence-corrected chi connectivity index (χ4v) is 0. The van der Waals surface area contributed by atoms with Gasteiger partial charge in [-0.2, -0.15) is 0 Å². The summed E-state index contributed by atoms with van der Waals surface area (Å²) in [7, 11) is 0. The van der Waals surface area contributed by atoms with E-state index in [2.05, 4.69) is 0 Å². The predicted octanol–water partition coefficient (Wildman–Crippen LogP) is -4.11. The summed E-state index contributed by atoms with van der Waals surface area (Å²) in [5, 5.41) is 26.7. The van der Waals surface area contributed by atoms with E-state index in [0.29, 0.717) is 0 Å². The van der Waals surface area contributed by atoms with Gasteiger partial charge < -0.3 is 29.7 Å². The van der Waals surface area contributed by atoms with E-state index >= 15 is 0 Å². The van der Waals surface area contributed by atoms with E-state index in [1.807, 2.05) is 0 Å². The van der Waals surface area contributed by atoms with Crippen LogP contribution in [-0.2, 0) is 14.4 Å². The second-order valence-corrected chi connectivity index (χ2v) is 1.47. The molecule has 0 aliphatic rings. The van der Waals surface area contributed by atoms with Crippen LogP contribution in [-0.4, -0.2) is 43.8 Å². The second-order valence-electron chi connectivity index (χ2n) is 1.47. The smallest absolute Gasteiger partial charge is 0.550 e. The van der Waals surface area contributed by atoms with Gasteiger partial charge in [-0.3, -0.25) is 0 Å². The average molecular weight is 292 g/mol. The van der Waals surface area contributed by atoms with Crippen LogP contribution in [0.5, 0.6) is 0 Å². The van der Waals surface area contributed by atoms with Gasteiger partial charge in [0.15, 0.2) is 0 Å². The van der Waals surface area contributed by atoms with Crippen molar-refractivity contribution in [3.05, 3.63) is 0 Å². The molecule has 7 heteroatoms. The Labute approximate surface area is 94.4 Å². The largest absolute Gasteiger partial charge is 3.00 e. The Morgan fingerprint density at radius 3 is 0.692 bits per heavy atom. The van der Waals surface area contributed by atoms with E-state index in [-0.39, 0.29) is 25.8 Å². The Balaban J connectivity index is -0.0000000450. The van der Waals surface area contributed by atoms with Gasteiger partial charge in [-0.1, -0.05) is 0 Å². The summed E-state index contributed by atoms with van der Waals surface area (Å²) in [5.41, 5.74) is 0. The molecule has 0 saturated heterocycles. The fourth-order valence-electron chi connectivity index (χ4n) is 0. The van der Waals surface area contributed by atoms with Crippen LogP contribution in [0.15, 0.2) is 0 Å². The molecule has 0 aromatic rings. The normalized spacial score (nSPS) is 5.77. The number of carbonyl (C=O) groups is 3. The van der Waals surface area contributed by atoms with E-state index in [1.54, 1.807) is 0 Å².